The summed E-state index contributed by atoms with van der Waals surface area (Å²) in [5.74, 6) is -1.10. The van der Waals surface area contributed by atoms with Crippen molar-refractivity contribution >= 4 is 28.6 Å². The molecule has 3 rings (SSSR count). The summed E-state index contributed by atoms with van der Waals surface area (Å²) in [6, 6.07) is 8.73. The van der Waals surface area contributed by atoms with E-state index in [4.69, 9.17) is 9.57 Å². The van der Waals surface area contributed by atoms with Crippen LogP contribution < -0.4 is 4.74 Å². The monoisotopic (exact) mass is 352 g/mol. The first-order valence-electron chi connectivity index (χ1n) is 8.24. The quantitative estimate of drug-likeness (QED) is 0.364. The fourth-order valence-corrected chi connectivity index (χ4v) is 2.68. The number of esters is 1. The molecule has 2 aromatic rings. The molecule has 0 saturated heterocycles. The summed E-state index contributed by atoms with van der Waals surface area (Å²) < 4.78 is 5.23. The van der Waals surface area contributed by atoms with Crippen LogP contribution in [0.2, 0.25) is 0 Å². The van der Waals surface area contributed by atoms with Gasteiger partial charge >= 0.3 is 11.9 Å². The number of rotatable bonds is 3. The molecule has 1 aromatic carbocycles. The Morgan fingerprint density at radius 2 is 1.96 bits per heavy atom. The van der Waals surface area contributed by atoms with Crippen LogP contribution >= 0.6 is 0 Å². The minimum absolute atomic E-state index is 0.311. The molecule has 0 radical (unpaired) electrons. The van der Waals surface area contributed by atoms with E-state index in [1.165, 1.54) is 0 Å². The Labute approximate surface area is 151 Å². The first-order valence-corrected chi connectivity index (χ1v) is 8.24. The molecular weight excluding hydrogens is 332 g/mol. The van der Waals surface area contributed by atoms with E-state index in [-0.39, 0.29) is 5.41 Å². The third-order valence-electron chi connectivity index (χ3n) is 4.05. The zero-order valence-corrected chi connectivity index (χ0v) is 15.2. The van der Waals surface area contributed by atoms with E-state index < -0.39 is 17.9 Å². The molecule has 0 fully saturated rings. The number of oxime groups is 1. The average molecular weight is 352 g/mol. The second kappa shape index (κ2) is 6.37. The summed E-state index contributed by atoms with van der Waals surface area (Å²) in [7, 11) is 0. The smallest absolute Gasteiger partial charge is 0.349 e. The van der Waals surface area contributed by atoms with Crippen LogP contribution in [0.5, 0.6) is 5.75 Å². The zero-order chi connectivity index (χ0) is 19.1. The van der Waals surface area contributed by atoms with E-state index in [2.05, 4.69) is 16.7 Å². The number of fused-ring (bicyclic) bond motifs is 1. The van der Waals surface area contributed by atoms with Gasteiger partial charge in [0.1, 0.15) is 11.7 Å². The number of hydrogen-bond donors (Lipinski definition) is 0. The van der Waals surface area contributed by atoms with E-state index in [9.17, 15) is 9.59 Å². The summed E-state index contributed by atoms with van der Waals surface area (Å²) in [4.78, 5) is 33.3. The third kappa shape index (κ3) is 3.35. The molecule has 0 N–H and O–H groups in total. The normalized spacial score (nSPS) is 17.0. The van der Waals surface area contributed by atoms with Gasteiger partial charge in [0, 0.05) is 16.4 Å². The number of pyridine rings is 1. The predicted octanol–water partition coefficient (Wildman–Crippen LogP) is 3.76. The summed E-state index contributed by atoms with van der Waals surface area (Å²) >= 11 is 0. The molecule has 1 aliphatic rings. The van der Waals surface area contributed by atoms with Gasteiger partial charge in [0.25, 0.3) is 0 Å². The van der Waals surface area contributed by atoms with Crippen molar-refractivity contribution < 1.29 is 19.2 Å². The Morgan fingerprint density at radius 1 is 1.23 bits per heavy atom. The lowest BCUT2D eigenvalue weighted by Gasteiger charge is -2.21. The van der Waals surface area contributed by atoms with E-state index in [0.29, 0.717) is 28.2 Å². The summed E-state index contributed by atoms with van der Waals surface area (Å²) in [6.45, 7) is 11.1. The molecule has 2 heterocycles. The highest BCUT2D eigenvalue weighted by Gasteiger charge is 2.41. The Hall–Kier alpha value is -3.02. The molecule has 0 amide bonds. The minimum Gasteiger partial charge on any atom is -0.423 e. The van der Waals surface area contributed by atoms with Gasteiger partial charge in [-0.05, 0) is 31.2 Å². The van der Waals surface area contributed by atoms with Gasteiger partial charge in [-0.2, -0.15) is 0 Å². The molecule has 1 unspecified atom stereocenters. The van der Waals surface area contributed by atoms with Crippen LogP contribution in [0.1, 0.15) is 39.3 Å². The number of benzene rings is 1. The molecule has 26 heavy (non-hydrogen) atoms. The molecular formula is C20H20N2O4. The predicted molar refractivity (Wildman–Crippen MR) is 97.9 cm³/mol. The molecule has 134 valence electrons. The average Bonchev–Trinajstić information content (AvgIpc) is 2.96. The Kier molecular flexibility index (Phi) is 4.36. The van der Waals surface area contributed by atoms with Crippen LogP contribution in [0.25, 0.3) is 10.9 Å². The molecule has 0 aliphatic carbocycles. The fraction of sp³-hybridized carbons (Fsp3) is 0.300. The van der Waals surface area contributed by atoms with Crippen molar-refractivity contribution in [3.63, 3.8) is 0 Å². The highest BCUT2D eigenvalue weighted by atomic mass is 16.7. The van der Waals surface area contributed by atoms with Gasteiger partial charge in [0.15, 0.2) is 0 Å². The summed E-state index contributed by atoms with van der Waals surface area (Å²) in [6.07, 6.45) is 0. The van der Waals surface area contributed by atoms with Gasteiger partial charge < -0.3 is 9.57 Å². The van der Waals surface area contributed by atoms with E-state index in [1.54, 1.807) is 31.2 Å². The largest absolute Gasteiger partial charge is 0.423 e. The van der Waals surface area contributed by atoms with Crippen molar-refractivity contribution in [2.45, 2.75) is 33.6 Å². The highest BCUT2D eigenvalue weighted by Crippen LogP contribution is 2.34. The molecule has 6 nitrogen and oxygen atoms in total. The number of aromatic nitrogens is 1. The Balaban J connectivity index is 1.95. The van der Waals surface area contributed by atoms with E-state index in [1.807, 2.05) is 26.8 Å². The second-order valence-electron chi connectivity index (χ2n) is 7.33. The van der Waals surface area contributed by atoms with Crippen molar-refractivity contribution in [2.24, 2.45) is 10.6 Å². The molecule has 0 saturated carbocycles. The fourth-order valence-electron chi connectivity index (χ4n) is 2.68. The van der Waals surface area contributed by atoms with Gasteiger partial charge in [-0.25, -0.2) is 9.59 Å². The van der Waals surface area contributed by atoms with Crippen molar-refractivity contribution in [3.05, 3.63) is 48.2 Å². The number of carbonyl (C=O) groups excluding carboxylic acids is 2. The maximum absolute atomic E-state index is 12.2. The van der Waals surface area contributed by atoms with Crippen LogP contribution in [-0.4, -0.2) is 22.6 Å². The van der Waals surface area contributed by atoms with Crippen molar-refractivity contribution in [1.29, 1.82) is 0 Å². The molecule has 1 atom stereocenters. The first kappa shape index (κ1) is 17.8. The van der Waals surface area contributed by atoms with E-state index >= 15 is 0 Å². The maximum atomic E-state index is 12.2. The van der Waals surface area contributed by atoms with Crippen molar-refractivity contribution in [2.75, 3.05) is 0 Å². The Morgan fingerprint density at radius 3 is 2.62 bits per heavy atom. The molecule has 0 spiro atoms. The summed E-state index contributed by atoms with van der Waals surface area (Å²) in [5, 5.41) is 4.74. The van der Waals surface area contributed by atoms with Crippen molar-refractivity contribution in [1.82, 2.24) is 4.98 Å². The standard InChI is InChI=1S/C20H20N2O4/c1-11(2)18(23)25-13-7-9-14-12(10-13)6-8-15(21-14)16-17(20(3,4)5)22-26-19(16)24/h6-10,16H,1H2,2-5H3. The van der Waals surface area contributed by atoms with Crippen LogP contribution in [0.15, 0.2) is 47.6 Å². The van der Waals surface area contributed by atoms with Gasteiger partial charge in [0.05, 0.1) is 16.9 Å². The summed E-state index contributed by atoms with van der Waals surface area (Å²) in [5.41, 5.74) is 1.94. The van der Waals surface area contributed by atoms with Gasteiger partial charge in [0.2, 0.25) is 0 Å². The van der Waals surface area contributed by atoms with E-state index in [0.717, 1.165) is 5.39 Å². The number of nitrogens with zero attached hydrogens (tertiary/aromatic N) is 2. The lowest BCUT2D eigenvalue weighted by molar-refractivity contribution is -0.141. The number of carbonyl (C=O) groups is 2. The van der Waals surface area contributed by atoms with Gasteiger partial charge in [-0.3, -0.25) is 4.98 Å². The highest BCUT2D eigenvalue weighted by molar-refractivity contribution is 6.12. The zero-order valence-electron chi connectivity index (χ0n) is 15.2. The first-order chi connectivity index (χ1) is 12.2. The Bertz CT molecular complexity index is 954. The maximum Gasteiger partial charge on any atom is 0.349 e. The number of ether oxygens (including phenoxy) is 1. The SMILES string of the molecule is C=C(C)C(=O)Oc1ccc2nc(C3C(=O)ON=C3C(C)(C)C)ccc2c1. The lowest BCUT2D eigenvalue weighted by Crippen LogP contribution is -2.28. The van der Waals surface area contributed by atoms with Crippen LogP contribution in [0.3, 0.4) is 0 Å². The molecule has 1 aromatic heterocycles. The van der Waals surface area contributed by atoms with Crippen LogP contribution in [0, 0.1) is 5.41 Å². The topological polar surface area (TPSA) is 77.8 Å². The van der Waals surface area contributed by atoms with Gasteiger partial charge in [-0.1, -0.05) is 38.6 Å². The van der Waals surface area contributed by atoms with Crippen LogP contribution in [-0.2, 0) is 14.4 Å². The molecule has 0 bridgehead atoms. The number of hydrogen-bond acceptors (Lipinski definition) is 6. The minimum atomic E-state index is -0.611. The second-order valence-corrected chi connectivity index (χ2v) is 7.33. The van der Waals surface area contributed by atoms with Crippen LogP contribution in [0.4, 0.5) is 0 Å². The van der Waals surface area contributed by atoms with Crippen molar-refractivity contribution in [3.8, 4) is 5.75 Å². The molecule has 1 aliphatic heterocycles. The lowest BCUT2D eigenvalue weighted by atomic mass is 9.81. The third-order valence-corrected chi connectivity index (χ3v) is 4.05. The molecule has 6 heteroatoms. The van der Waals surface area contributed by atoms with Gasteiger partial charge in [-0.15, -0.1) is 0 Å².